The Bertz CT molecular complexity index is 542. The van der Waals surface area contributed by atoms with Gasteiger partial charge in [-0.25, -0.2) is 4.98 Å². The second kappa shape index (κ2) is 6.18. The van der Waals surface area contributed by atoms with Crippen LogP contribution < -0.4 is 15.8 Å². The van der Waals surface area contributed by atoms with Crippen LogP contribution in [0.2, 0.25) is 0 Å². The van der Waals surface area contributed by atoms with Gasteiger partial charge in [-0.15, -0.1) is 0 Å². The molecule has 0 saturated heterocycles. The van der Waals surface area contributed by atoms with E-state index < -0.39 is 5.91 Å². The smallest absolute Gasteiger partial charge is 0.251 e. The molecular formula is C14H17N3O3. The Balaban J connectivity index is 2.10. The molecule has 0 saturated carbocycles. The summed E-state index contributed by atoms with van der Waals surface area (Å²) in [7, 11) is 1.49. The monoisotopic (exact) mass is 275 g/mol. The summed E-state index contributed by atoms with van der Waals surface area (Å²) in [5, 5.41) is 2.84. The molecule has 0 spiro atoms. The van der Waals surface area contributed by atoms with Crippen molar-refractivity contribution in [2.45, 2.75) is 18.9 Å². The van der Waals surface area contributed by atoms with Crippen molar-refractivity contribution in [1.29, 1.82) is 0 Å². The van der Waals surface area contributed by atoms with Crippen LogP contribution in [-0.4, -0.2) is 29.9 Å². The highest BCUT2D eigenvalue weighted by Crippen LogP contribution is 2.19. The van der Waals surface area contributed by atoms with E-state index in [1.165, 1.54) is 13.3 Å². The Hall–Kier alpha value is -2.37. The fourth-order valence-electron chi connectivity index (χ4n) is 2.20. The van der Waals surface area contributed by atoms with Crippen LogP contribution in [0.5, 0.6) is 5.88 Å². The van der Waals surface area contributed by atoms with Gasteiger partial charge in [-0.05, 0) is 18.9 Å². The van der Waals surface area contributed by atoms with Gasteiger partial charge in [0.05, 0.1) is 13.0 Å². The molecule has 1 aliphatic rings. The molecule has 0 fully saturated rings. The van der Waals surface area contributed by atoms with Crippen LogP contribution in [0.4, 0.5) is 0 Å². The van der Waals surface area contributed by atoms with Crippen LogP contribution in [0.15, 0.2) is 30.5 Å². The molecule has 3 N–H and O–H groups in total. The van der Waals surface area contributed by atoms with Gasteiger partial charge >= 0.3 is 0 Å². The minimum absolute atomic E-state index is 0.266. The zero-order chi connectivity index (χ0) is 14.5. The van der Waals surface area contributed by atoms with Crippen molar-refractivity contribution in [3.8, 4) is 5.88 Å². The van der Waals surface area contributed by atoms with E-state index in [0.717, 1.165) is 0 Å². The molecule has 2 rings (SSSR count). The number of rotatable bonds is 4. The normalized spacial score (nSPS) is 21.2. The second-order valence-electron chi connectivity index (χ2n) is 4.62. The van der Waals surface area contributed by atoms with E-state index in [9.17, 15) is 9.59 Å². The average Bonchev–Trinajstić information content (AvgIpc) is 2.47. The summed E-state index contributed by atoms with van der Waals surface area (Å²) >= 11 is 0. The lowest BCUT2D eigenvalue weighted by Gasteiger charge is -2.26. The van der Waals surface area contributed by atoms with E-state index in [2.05, 4.69) is 10.3 Å². The number of hydrogen-bond acceptors (Lipinski definition) is 4. The molecule has 0 aliphatic heterocycles. The van der Waals surface area contributed by atoms with Crippen molar-refractivity contribution in [2.24, 2.45) is 11.7 Å². The Morgan fingerprint density at radius 2 is 2.15 bits per heavy atom. The largest absolute Gasteiger partial charge is 0.481 e. The first-order valence-corrected chi connectivity index (χ1v) is 6.37. The maximum absolute atomic E-state index is 12.2. The van der Waals surface area contributed by atoms with Gasteiger partial charge in [-0.1, -0.05) is 12.2 Å². The molecule has 6 nitrogen and oxygen atoms in total. The van der Waals surface area contributed by atoms with Gasteiger partial charge in [0.1, 0.15) is 0 Å². The SMILES string of the molecule is COc1cc(C(=O)N[C@H]2CC=CC[C@@H]2C(N)=O)ccn1. The third kappa shape index (κ3) is 3.14. The molecule has 2 amide bonds. The number of hydrogen-bond donors (Lipinski definition) is 2. The minimum atomic E-state index is -0.396. The third-order valence-corrected chi connectivity index (χ3v) is 3.32. The summed E-state index contributed by atoms with van der Waals surface area (Å²) in [6, 6.07) is 2.87. The molecule has 6 heteroatoms. The van der Waals surface area contributed by atoms with Gasteiger partial charge in [0.15, 0.2) is 0 Å². The molecule has 1 aliphatic carbocycles. The highest BCUT2D eigenvalue weighted by atomic mass is 16.5. The van der Waals surface area contributed by atoms with Crippen LogP contribution in [0, 0.1) is 5.92 Å². The number of carbonyl (C=O) groups is 2. The lowest BCUT2D eigenvalue weighted by atomic mass is 9.88. The van der Waals surface area contributed by atoms with Gasteiger partial charge in [0, 0.05) is 23.9 Å². The van der Waals surface area contributed by atoms with E-state index in [-0.39, 0.29) is 17.9 Å². The number of allylic oxidation sites excluding steroid dienone is 1. The van der Waals surface area contributed by atoms with Crippen LogP contribution in [-0.2, 0) is 4.79 Å². The van der Waals surface area contributed by atoms with Crippen LogP contribution in [0.25, 0.3) is 0 Å². The van der Waals surface area contributed by atoms with Crippen molar-refractivity contribution in [2.75, 3.05) is 7.11 Å². The van der Waals surface area contributed by atoms with Gasteiger partial charge in [0.25, 0.3) is 5.91 Å². The average molecular weight is 275 g/mol. The zero-order valence-electron chi connectivity index (χ0n) is 11.2. The van der Waals surface area contributed by atoms with Crippen molar-refractivity contribution < 1.29 is 14.3 Å². The zero-order valence-corrected chi connectivity index (χ0v) is 11.2. The number of nitrogens with two attached hydrogens (primary N) is 1. The van der Waals surface area contributed by atoms with E-state index in [0.29, 0.717) is 24.3 Å². The summed E-state index contributed by atoms with van der Waals surface area (Å²) in [4.78, 5) is 27.5. The van der Waals surface area contributed by atoms with E-state index in [1.807, 2.05) is 12.2 Å². The van der Waals surface area contributed by atoms with E-state index >= 15 is 0 Å². The minimum Gasteiger partial charge on any atom is -0.481 e. The number of carbonyl (C=O) groups excluding carboxylic acids is 2. The Labute approximate surface area is 117 Å². The fourth-order valence-corrected chi connectivity index (χ4v) is 2.20. The molecule has 2 atom stereocenters. The third-order valence-electron chi connectivity index (χ3n) is 3.32. The molecule has 20 heavy (non-hydrogen) atoms. The first-order valence-electron chi connectivity index (χ1n) is 6.37. The standard InChI is InChI=1S/C14H17N3O3/c1-20-12-8-9(6-7-16-12)14(19)17-11-5-3-2-4-10(11)13(15)18/h2-3,6-8,10-11H,4-5H2,1H3,(H2,15,18)(H,17,19)/t10-,11-/m0/s1. The molecule has 1 heterocycles. The summed E-state index contributed by atoms with van der Waals surface area (Å²) in [6.45, 7) is 0. The number of methoxy groups -OCH3 is 1. The second-order valence-corrected chi connectivity index (χ2v) is 4.62. The Morgan fingerprint density at radius 1 is 1.40 bits per heavy atom. The maximum Gasteiger partial charge on any atom is 0.251 e. The molecule has 0 aromatic carbocycles. The lowest BCUT2D eigenvalue weighted by molar-refractivity contribution is -0.122. The van der Waals surface area contributed by atoms with E-state index in [1.54, 1.807) is 12.1 Å². The molecule has 106 valence electrons. The highest BCUT2D eigenvalue weighted by Gasteiger charge is 2.28. The maximum atomic E-state index is 12.2. The summed E-state index contributed by atoms with van der Waals surface area (Å²) < 4.78 is 4.98. The van der Waals surface area contributed by atoms with Crippen molar-refractivity contribution in [3.05, 3.63) is 36.0 Å². The first-order chi connectivity index (χ1) is 9.61. The number of primary amides is 1. The summed E-state index contributed by atoms with van der Waals surface area (Å²) in [5.41, 5.74) is 5.80. The van der Waals surface area contributed by atoms with Gasteiger partial charge in [0.2, 0.25) is 11.8 Å². The fraction of sp³-hybridized carbons (Fsp3) is 0.357. The number of nitrogens with zero attached hydrogens (tertiary/aromatic N) is 1. The predicted molar refractivity (Wildman–Crippen MR) is 73.1 cm³/mol. The first kappa shape index (κ1) is 14.0. The molecule has 0 unspecified atom stereocenters. The summed E-state index contributed by atoms with van der Waals surface area (Å²) in [6.07, 6.45) is 6.51. The van der Waals surface area contributed by atoms with Crippen molar-refractivity contribution in [3.63, 3.8) is 0 Å². The lowest BCUT2D eigenvalue weighted by Crippen LogP contribution is -2.46. The number of nitrogens with one attached hydrogen (secondary N) is 1. The molecule has 0 bridgehead atoms. The number of pyridine rings is 1. The summed E-state index contributed by atoms with van der Waals surface area (Å²) in [5.74, 6) is -0.662. The number of aromatic nitrogens is 1. The molecule has 0 radical (unpaired) electrons. The molecular weight excluding hydrogens is 258 g/mol. The molecule has 1 aromatic heterocycles. The topological polar surface area (TPSA) is 94.3 Å². The van der Waals surface area contributed by atoms with E-state index in [4.69, 9.17) is 10.5 Å². The quantitative estimate of drug-likeness (QED) is 0.788. The van der Waals surface area contributed by atoms with Crippen molar-refractivity contribution >= 4 is 11.8 Å². The van der Waals surface area contributed by atoms with Gasteiger partial charge < -0.3 is 15.8 Å². The van der Waals surface area contributed by atoms with Gasteiger partial charge in [-0.2, -0.15) is 0 Å². The number of amides is 2. The van der Waals surface area contributed by atoms with Crippen LogP contribution in [0.3, 0.4) is 0 Å². The predicted octanol–water partition coefficient (Wildman–Crippen LogP) is 0.640. The Morgan fingerprint density at radius 3 is 2.85 bits per heavy atom. The van der Waals surface area contributed by atoms with Crippen LogP contribution >= 0.6 is 0 Å². The van der Waals surface area contributed by atoms with Crippen LogP contribution in [0.1, 0.15) is 23.2 Å². The van der Waals surface area contributed by atoms with Gasteiger partial charge in [-0.3, -0.25) is 9.59 Å². The highest BCUT2D eigenvalue weighted by molar-refractivity contribution is 5.95. The molecule has 1 aromatic rings. The number of ether oxygens (including phenoxy) is 1. The Kier molecular flexibility index (Phi) is 4.34. The van der Waals surface area contributed by atoms with Crippen molar-refractivity contribution in [1.82, 2.24) is 10.3 Å².